The highest BCUT2D eigenvalue weighted by Gasteiger charge is 1.93. The van der Waals surface area contributed by atoms with Crippen molar-refractivity contribution < 1.29 is 0 Å². The van der Waals surface area contributed by atoms with Crippen molar-refractivity contribution in [1.29, 1.82) is 0 Å². The van der Waals surface area contributed by atoms with E-state index in [4.69, 9.17) is 11.5 Å². The van der Waals surface area contributed by atoms with Gasteiger partial charge in [0.2, 0.25) is 0 Å². The third kappa shape index (κ3) is 1.37. The summed E-state index contributed by atoms with van der Waals surface area (Å²) in [4.78, 5) is 3.84. The van der Waals surface area contributed by atoms with Crippen LogP contribution in [0.1, 0.15) is 12.5 Å². The zero-order chi connectivity index (χ0) is 7.56. The Balaban J connectivity index is 3.06. The van der Waals surface area contributed by atoms with Crippen molar-refractivity contribution in [2.45, 2.75) is 13.3 Å². The van der Waals surface area contributed by atoms with Crippen molar-refractivity contribution in [3.8, 4) is 0 Å². The molecule has 1 heterocycles. The molecule has 0 unspecified atom stereocenters. The number of hydrogen-bond donors (Lipinski definition) is 2. The zero-order valence-corrected chi connectivity index (χ0v) is 5.96. The molecule has 0 bridgehead atoms. The van der Waals surface area contributed by atoms with E-state index in [1.54, 1.807) is 0 Å². The summed E-state index contributed by atoms with van der Waals surface area (Å²) in [6.07, 6.45) is 0.941. The summed E-state index contributed by atoms with van der Waals surface area (Å²) in [5, 5.41) is 0. The molecule has 0 aromatic carbocycles. The monoisotopic (exact) mass is 137 g/mol. The van der Waals surface area contributed by atoms with Crippen LogP contribution in [0.25, 0.3) is 0 Å². The number of pyridine rings is 1. The minimum atomic E-state index is 0.497. The van der Waals surface area contributed by atoms with Crippen molar-refractivity contribution in [3.63, 3.8) is 0 Å². The van der Waals surface area contributed by atoms with Gasteiger partial charge in [-0.15, -0.1) is 0 Å². The molecule has 3 nitrogen and oxygen atoms in total. The molecular formula is C7H11N3. The molecule has 10 heavy (non-hydrogen) atoms. The highest BCUT2D eigenvalue weighted by Crippen LogP contribution is 2.08. The third-order valence-corrected chi connectivity index (χ3v) is 1.33. The predicted molar refractivity (Wildman–Crippen MR) is 42.4 cm³/mol. The Morgan fingerprint density at radius 1 is 1.30 bits per heavy atom. The Morgan fingerprint density at radius 3 is 2.20 bits per heavy atom. The highest BCUT2D eigenvalue weighted by molar-refractivity contribution is 5.43. The van der Waals surface area contributed by atoms with E-state index in [1.165, 1.54) is 0 Å². The van der Waals surface area contributed by atoms with Crippen molar-refractivity contribution in [2.75, 3.05) is 11.5 Å². The number of aromatic nitrogens is 1. The first-order valence-corrected chi connectivity index (χ1v) is 3.24. The largest absolute Gasteiger partial charge is 0.384 e. The molecule has 1 rings (SSSR count). The first-order valence-electron chi connectivity index (χ1n) is 3.24. The number of hydrogen-bond acceptors (Lipinski definition) is 3. The number of anilines is 2. The van der Waals surface area contributed by atoms with Crippen LogP contribution in [0.4, 0.5) is 11.6 Å². The first kappa shape index (κ1) is 6.86. The van der Waals surface area contributed by atoms with Gasteiger partial charge in [0.05, 0.1) is 0 Å². The molecule has 4 N–H and O–H groups in total. The second-order valence-electron chi connectivity index (χ2n) is 2.18. The molecule has 0 aliphatic carbocycles. The lowest BCUT2D eigenvalue weighted by atomic mass is 10.2. The van der Waals surface area contributed by atoms with Gasteiger partial charge in [0.1, 0.15) is 11.6 Å². The lowest BCUT2D eigenvalue weighted by Gasteiger charge is -1.99. The van der Waals surface area contributed by atoms with Crippen LogP contribution in [-0.2, 0) is 6.42 Å². The molecule has 0 fully saturated rings. The van der Waals surface area contributed by atoms with E-state index < -0.39 is 0 Å². The number of nitrogens with zero attached hydrogens (tertiary/aromatic N) is 1. The summed E-state index contributed by atoms with van der Waals surface area (Å²) in [5.74, 6) is 0.994. The number of rotatable bonds is 1. The average molecular weight is 137 g/mol. The molecule has 0 amide bonds. The predicted octanol–water partition coefficient (Wildman–Crippen LogP) is 0.808. The quantitative estimate of drug-likeness (QED) is 0.602. The van der Waals surface area contributed by atoms with Crippen molar-refractivity contribution >= 4 is 11.6 Å². The molecule has 54 valence electrons. The van der Waals surface area contributed by atoms with Crippen LogP contribution in [0.2, 0.25) is 0 Å². The molecule has 0 aliphatic heterocycles. The molecule has 1 aromatic heterocycles. The minimum absolute atomic E-state index is 0.497. The van der Waals surface area contributed by atoms with Crippen LogP contribution in [0, 0.1) is 0 Å². The van der Waals surface area contributed by atoms with E-state index in [0.717, 1.165) is 12.0 Å². The number of nitrogen functional groups attached to an aromatic ring is 2. The fourth-order valence-electron chi connectivity index (χ4n) is 0.839. The van der Waals surface area contributed by atoms with Gasteiger partial charge in [-0.3, -0.25) is 0 Å². The molecule has 0 aliphatic rings. The lowest BCUT2D eigenvalue weighted by Crippen LogP contribution is -1.97. The molecule has 0 spiro atoms. The van der Waals surface area contributed by atoms with E-state index in [-0.39, 0.29) is 0 Å². The van der Waals surface area contributed by atoms with E-state index in [2.05, 4.69) is 4.98 Å². The van der Waals surface area contributed by atoms with Crippen molar-refractivity contribution in [2.24, 2.45) is 0 Å². The van der Waals surface area contributed by atoms with Crippen molar-refractivity contribution in [1.82, 2.24) is 4.98 Å². The van der Waals surface area contributed by atoms with Crippen LogP contribution in [0.15, 0.2) is 12.1 Å². The molecule has 1 aromatic rings. The minimum Gasteiger partial charge on any atom is -0.384 e. The number of aryl methyl sites for hydroxylation is 1. The summed E-state index contributed by atoms with van der Waals surface area (Å²) in [7, 11) is 0. The standard InChI is InChI=1S/C7H11N3/c1-2-5-3-6(8)10-7(9)4-5/h3-4H,2H2,1H3,(H4,8,9,10). The summed E-state index contributed by atoms with van der Waals surface area (Å²) in [5.41, 5.74) is 12.0. The number of nitrogens with two attached hydrogens (primary N) is 2. The summed E-state index contributed by atoms with van der Waals surface area (Å²) >= 11 is 0. The van der Waals surface area contributed by atoms with Crippen LogP contribution in [0.3, 0.4) is 0 Å². The van der Waals surface area contributed by atoms with Gasteiger partial charge in [-0.1, -0.05) is 6.92 Å². The van der Waals surface area contributed by atoms with Crippen LogP contribution in [0.5, 0.6) is 0 Å². The summed E-state index contributed by atoms with van der Waals surface area (Å²) in [6.45, 7) is 2.05. The zero-order valence-electron chi connectivity index (χ0n) is 5.96. The molecule has 0 radical (unpaired) electrons. The topological polar surface area (TPSA) is 64.9 Å². The second kappa shape index (κ2) is 2.56. The lowest BCUT2D eigenvalue weighted by molar-refractivity contribution is 1.13. The second-order valence-corrected chi connectivity index (χ2v) is 2.18. The van der Waals surface area contributed by atoms with Crippen LogP contribution >= 0.6 is 0 Å². The summed E-state index contributed by atoms with van der Waals surface area (Å²) < 4.78 is 0. The van der Waals surface area contributed by atoms with Gasteiger partial charge < -0.3 is 11.5 Å². The van der Waals surface area contributed by atoms with Gasteiger partial charge in [-0.25, -0.2) is 4.98 Å². The first-order chi connectivity index (χ1) is 4.72. The van der Waals surface area contributed by atoms with E-state index >= 15 is 0 Å². The molecule has 3 heteroatoms. The van der Waals surface area contributed by atoms with Gasteiger partial charge in [0.25, 0.3) is 0 Å². The highest BCUT2D eigenvalue weighted by atomic mass is 14.9. The van der Waals surface area contributed by atoms with Crippen LogP contribution < -0.4 is 11.5 Å². The normalized spacial score (nSPS) is 9.70. The maximum Gasteiger partial charge on any atom is 0.126 e. The SMILES string of the molecule is CCc1cc(N)nc(N)c1. The Bertz CT molecular complexity index is 212. The van der Waals surface area contributed by atoms with Crippen molar-refractivity contribution in [3.05, 3.63) is 17.7 Å². The third-order valence-electron chi connectivity index (χ3n) is 1.33. The van der Waals surface area contributed by atoms with E-state index in [9.17, 15) is 0 Å². The van der Waals surface area contributed by atoms with Crippen LogP contribution in [-0.4, -0.2) is 4.98 Å². The Hall–Kier alpha value is -1.25. The maximum absolute atomic E-state index is 5.44. The van der Waals surface area contributed by atoms with Gasteiger partial charge in [0, 0.05) is 0 Å². The Labute approximate surface area is 60.1 Å². The Morgan fingerprint density at radius 2 is 1.80 bits per heavy atom. The fraction of sp³-hybridized carbons (Fsp3) is 0.286. The Kier molecular flexibility index (Phi) is 1.76. The molecule has 0 saturated heterocycles. The fourth-order valence-corrected chi connectivity index (χ4v) is 0.839. The average Bonchev–Trinajstić information content (AvgIpc) is 1.85. The molecule has 0 atom stereocenters. The van der Waals surface area contributed by atoms with Gasteiger partial charge in [-0.05, 0) is 24.1 Å². The summed E-state index contributed by atoms with van der Waals surface area (Å²) in [6, 6.07) is 3.66. The smallest absolute Gasteiger partial charge is 0.126 e. The molecular weight excluding hydrogens is 126 g/mol. The van der Waals surface area contributed by atoms with E-state index in [1.807, 2.05) is 19.1 Å². The maximum atomic E-state index is 5.44. The van der Waals surface area contributed by atoms with E-state index in [0.29, 0.717) is 11.6 Å². The van der Waals surface area contributed by atoms with Gasteiger partial charge in [0.15, 0.2) is 0 Å². The van der Waals surface area contributed by atoms with Gasteiger partial charge >= 0.3 is 0 Å². The van der Waals surface area contributed by atoms with Gasteiger partial charge in [-0.2, -0.15) is 0 Å². The molecule has 0 saturated carbocycles.